The maximum absolute atomic E-state index is 12.5. The van der Waals surface area contributed by atoms with E-state index in [1.54, 1.807) is 12.1 Å². The molecular formula is C17H15Br2NO3. The van der Waals surface area contributed by atoms with Crippen molar-refractivity contribution in [1.29, 1.82) is 0 Å². The summed E-state index contributed by atoms with van der Waals surface area (Å²) >= 11 is 6.70. The molecule has 0 bridgehead atoms. The largest absolute Gasteiger partial charge is 0.465 e. The van der Waals surface area contributed by atoms with Gasteiger partial charge in [-0.25, -0.2) is 4.79 Å². The molecule has 0 saturated carbocycles. The molecule has 120 valence electrons. The van der Waals surface area contributed by atoms with E-state index in [2.05, 4.69) is 37.2 Å². The first kappa shape index (κ1) is 17.7. The number of amides is 1. The molecule has 0 radical (unpaired) electrons. The number of carbonyl (C=O) groups excluding carboxylic acids is 2. The molecule has 1 atom stereocenters. The highest BCUT2D eigenvalue weighted by Crippen LogP contribution is 2.32. The molecule has 0 saturated heterocycles. The van der Waals surface area contributed by atoms with E-state index in [4.69, 9.17) is 4.74 Å². The number of hydrogen-bond donors (Lipinski definition) is 1. The predicted octanol–water partition coefficient (Wildman–Crippen LogP) is 4.74. The summed E-state index contributed by atoms with van der Waals surface area (Å²) in [4.78, 5) is 24.5. The van der Waals surface area contributed by atoms with Crippen molar-refractivity contribution in [3.05, 3.63) is 62.5 Å². The first-order chi connectivity index (χ1) is 10.9. The maximum atomic E-state index is 12.5. The molecule has 0 aromatic heterocycles. The number of carbonyl (C=O) groups is 2. The van der Waals surface area contributed by atoms with Gasteiger partial charge in [0.25, 0.3) is 0 Å². The van der Waals surface area contributed by atoms with Gasteiger partial charge in [-0.3, -0.25) is 4.79 Å². The van der Waals surface area contributed by atoms with E-state index in [1.807, 2.05) is 37.3 Å². The summed E-state index contributed by atoms with van der Waals surface area (Å²) < 4.78 is 6.09. The van der Waals surface area contributed by atoms with Crippen molar-refractivity contribution in [1.82, 2.24) is 0 Å². The summed E-state index contributed by atoms with van der Waals surface area (Å²) in [6.07, 6.45) is 0. The van der Waals surface area contributed by atoms with Crippen LogP contribution in [0.2, 0.25) is 0 Å². The molecule has 2 aromatic carbocycles. The van der Waals surface area contributed by atoms with Gasteiger partial charge in [0.05, 0.1) is 24.3 Å². The minimum atomic E-state index is -0.519. The highest BCUT2D eigenvalue weighted by Gasteiger charge is 2.21. The van der Waals surface area contributed by atoms with Crippen molar-refractivity contribution in [2.24, 2.45) is 0 Å². The Balaban J connectivity index is 2.32. The summed E-state index contributed by atoms with van der Waals surface area (Å²) in [5.41, 5.74) is 1.58. The van der Waals surface area contributed by atoms with Crippen molar-refractivity contribution >= 4 is 49.4 Å². The number of methoxy groups -OCH3 is 1. The normalized spacial score (nSPS) is 11.7. The number of rotatable bonds is 4. The fourth-order valence-electron chi connectivity index (χ4n) is 2.10. The molecule has 0 heterocycles. The van der Waals surface area contributed by atoms with Crippen LogP contribution in [0.1, 0.15) is 28.8 Å². The quantitative estimate of drug-likeness (QED) is 0.698. The molecule has 0 fully saturated rings. The molecule has 0 spiro atoms. The van der Waals surface area contributed by atoms with Crippen molar-refractivity contribution < 1.29 is 14.3 Å². The monoisotopic (exact) mass is 439 g/mol. The molecule has 0 aliphatic heterocycles. The summed E-state index contributed by atoms with van der Waals surface area (Å²) in [6.45, 7) is 1.81. The zero-order valence-corrected chi connectivity index (χ0v) is 15.8. The number of anilines is 1. The predicted molar refractivity (Wildman–Crippen MR) is 96.7 cm³/mol. The number of hydrogen-bond acceptors (Lipinski definition) is 3. The van der Waals surface area contributed by atoms with Crippen LogP contribution in [0, 0.1) is 0 Å². The minimum Gasteiger partial charge on any atom is -0.465 e. The molecule has 0 aliphatic rings. The molecule has 1 N–H and O–H groups in total. The Morgan fingerprint density at radius 2 is 1.78 bits per heavy atom. The lowest BCUT2D eigenvalue weighted by Crippen LogP contribution is -2.21. The third-order valence-electron chi connectivity index (χ3n) is 3.40. The maximum Gasteiger partial charge on any atom is 0.340 e. The van der Waals surface area contributed by atoms with Gasteiger partial charge < -0.3 is 10.1 Å². The second kappa shape index (κ2) is 7.75. The van der Waals surface area contributed by atoms with Crippen LogP contribution >= 0.6 is 31.9 Å². The molecule has 6 heteroatoms. The van der Waals surface area contributed by atoms with E-state index < -0.39 is 5.97 Å². The van der Waals surface area contributed by atoms with Crippen LogP contribution in [0.5, 0.6) is 0 Å². The standard InChI is InChI=1S/C17H15Br2NO3/c1-10(11-6-4-3-5-7-11)16(21)20-15-13(17(22)23-2)8-12(18)9-14(15)19/h3-10H,1-2H3,(H,20,21). The van der Waals surface area contributed by atoms with E-state index in [9.17, 15) is 9.59 Å². The van der Waals surface area contributed by atoms with Gasteiger partial charge in [-0.2, -0.15) is 0 Å². The number of ether oxygens (including phenoxy) is 1. The molecule has 23 heavy (non-hydrogen) atoms. The van der Waals surface area contributed by atoms with Gasteiger partial charge in [0, 0.05) is 8.95 Å². The van der Waals surface area contributed by atoms with E-state index in [1.165, 1.54) is 7.11 Å². The topological polar surface area (TPSA) is 55.4 Å². The Morgan fingerprint density at radius 3 is 2.39 bits per heavy atom. The van der Waals surface area contributed by atoms with Gasteiger partial charge in [0.15, 0.2) is 0 Å². The number of halogens is 2. The number of nitrogens with one attached hydrogen (secondary N) is 1. The first-order valence-electron chi connectivity index (χ1n) is 6.87. The minimum absolute atomic E-state index is 0.204. The highest BCUT2D eigenvalue weighted by molar-refractivity contribution is 9.11. The van der Waals surface area contributed by atoms with Crippen LogP contribution in [0.15, 0.2) is 51.4 Å². The van der Waals surface area contributed by atoms with Crippen LogP contribution in [0.4, 0.5) is 5.69 Å². The highest BCUT2D eigenvalue weighted by atomic mass is 79.9. The fourth-order valence-corrected chi connectivity index (χ4v) is 3.42. The zero-order chi connectivity index (χ0) is 17.0. The molecule has 2 rings (SSSR count). The zero-order valence-electron chi connectivity index (χ0n) is 12.6. The van der Waals surface area contributed by atoms with Crippen LogP contribution < -0.4 is 5.32 Å². The lowest BCUT2D eigenvalue weighted by atomic mass is 10.0. The lowest BCUT2D eigenvalue weighted by Gasteiger charge is -2.16. The molecule has 1 unspecified atom stereocenters. The summed E-state index contributed by atoms with van der Waals surface area (Å²) in [7, 11) is 1.30. The SMILES string of the molecule is COC(=O)c1cc(Br)cc(Br)c1NC(=O)C(C)c1ccccc1. The molecule has 1 amide bonds. The van der Waals surface area contributed by atoms with Gasteiger partial charge in [-0.1, -0.05) is 46.3 Å². The Hall–Kier alpha value is -1.66. The Labute approximate surface area is 151 Å². The van der Waals surface area contributed by atoms with Gasteiger partial charge >= 0.3 is 5.97 Å². The number of benzene rings is 2. The van der Waals surface area contributed by atoms with Crippen LogP contribution in [-0.2, 0) is 9.53 Å². The first-order valence-corrected chi connectivity index (χ1v) is 8.45. The molecule has 0 aliphatic carbocycles. The van der Waals surface area contributed by atoms with Gasteiger partial charge in [0.2, 0.25) is 5.91 Å². The van der Waals surface area contributed by atoms with Crippen LogP contribution in [-0.4, -0.2) is 19.0 Å². The second-order valence-corrected chi connectivity index (χ2v) is 6.69. The van der Waals surface area contributed by atoms with E-state index in [0.29, 0.717) is 14.6 Å². The molecule has 2 aromatic rings. The summed E-state index contributed by atoms with van der Waals surface area (Å²) in [5.74, 6) is -1.07. The smallest absolute Gasteiger partial charge is 0.340 e. The third kappa shape index (κ3) is 4.20. The third-order valence-corrected chi connectivity index (χ3v) is 4.48. The van der Waals surface area contributed by atoms with Gasteiger partial charge in [0.1, 0.15) is 0 Å². The fraction of sp³-hybridized carbons (Fsp3) is 0.176. The Kier molecular flexibility index (Phi) is 5.96. The molecule has 4 nitrogen and oxygen atoms in total. The summed E-state index contributed by atoms with van der Waals surface area (Å²) in [6, 6.07) is 12.8. The molecular weight excluding hydrogens is 426 g/mol. The average molecular weight is 441 g/mol. The summed E-state index contributed by atoms with van der Waals surface area (Å²) in [5, 5.41) is 2.81. The average Bonchev–Trinajstić information content (AvgIpc) is 2.56. The Bertz CT molecular complexity index is 732. The van der Waals surface area contributed by atoms with Crippen molar-refractivity contribution in [2.75, 3.05) is 12.4 Å². The van der Waals surface area contributed by atoms with Gasteiger partial charge in [-0.05, 0) is 40.5 Å². The van der Waals surface area contributed by atoms with Crippen LogP contribution in [0.3, 0.4) is 0 Å². The Morgan fingerprint density at radius 1 is 1.13 bits per heavy atom. The van der Waals surface area contributed by atoms with E-state index >= 15 is 0 Å². The van der Waals surface area contributed by atoms with Gasteiger partial charge in [-0.15, -0.1) is 0 Å². The van der Waals surface area contributed by atoms with Crippen molar-refractivity contribution in [3.8, 4) is 0 Å². The van der Waals surface area contributed by atoms with Crippen molar-refractivity contribution in [2.45, 2.75) is 12.8 Å². The number of esters is 1. The van der Waals surface area contributed by atoms with Crippen LogP contribution in [0.25, 0.3) is 0 Å². The van der Waals surface area contributed by atoms with E-state index in [-0.39, 0.29) is 17.4 Å². The van der Waals surface area contributed by atoms with Crippen molar-refractivity contribution in [3.63, 3.8) is 0 Å². The lowest BCUT2D eigenvalue weighted by molar-refractivity contribution is -0.117. The second-order valence-electron chi connectivity index (χ2n) is 4.92. The van der Waals surface area contributed by atoms with E-state index in [0.717, 1.165) is 5.56 Å².